The fourth-order valence-corrected chi connectivity index (χ4v) is 4.23. The van der Waals surface area contributed by atoms with E-state index in [0.717, 1.165) is 24.2 Å². The molecule has 0 radical (unpaired) electrons. The van der Waals surface area contributed by atoms with Crippen molar-refractivity contribution in [1.82, 2.24) is 10.6 Å². The molecule has 29 heavy (non-hydrogen) atoms. The van der Waals surface area contributed by atoms with Crippen molar-refractivity contribution >= 4 is 11.8 Å². The van der Waals surface area contributed by atoms with Crippen molar-refractivity contribution in [3.63, 3.8) is 0 Å². The number of benzene rings is 1. The first-order valence-electron chi connectivity index (χ1n) is 10.2. The Hall–Kier alpha value is -2.61. The predicted octanol–water partition coefficient (Wildman–Crippen LogP) is 2.40. The standard InChI is InChI=1S/C21H25FN4O3/c22-17-8-3-12(10-16(17)20(28)24-13-4-6-14(27)7-5-13)11-18-19-15(2-1-9-23-19)21(29)26-25-18/h3,8,10,13-14,18,23,27H,1-2,4-7,9,11H2,(H,24,28). The Labute approximate surface area is 168 Å². The molecule has 3 aliphatic rings. The zero-order valence-electron chi connectivity index (χ0n) is 16.2. The topological polar surface area (TPSA) is 103 Å². The normalized spacial score (nSPS) is 26.7. The van der Waals surface area contributed by atoms with Gasteiger partial charge in [0.2, 0.25) is 0 Å². The summed E-state index contributed by atoms with van der Waals surface area (Å²) in [6, 6.07) is 4.11. The van der Waals surface area contributed by atoms with Gasteiger partial charge in [0, 0.05) is 30.3 Å². The van der Waals surface area contributed by atoms with E-state index in [0.29, 0.717) is 44.1 Å². The Kier molecular flexibility index (Phi) is 5.71. The molecule has 0 spiro atoms. The van der Waals surface area contributed by atoms with E-state index in [1.165, 1.54) is 6.07 Å². The maximum absolute atomic E-state index is 14.3. The summed E-state index contributed by atoms with van der Waals surface area (Å²) in [5, 5.41) is 23.6. The summed E-state index contributed by atoms with van der Waals surface area (Å²) in [5.41, 5.74) is 2.24. The van der Waals surface area contributed by atoms with Gasteiger partial charge in [0.25, 0.3) is 11.8 Å². The van der Waals surface area contributed by atoms with Gasteiger partial charge in [-0.05, 0) is 56.2 Å². The van der Waals surface area contributed by atoms with Crippen LogP contribution in [0.4, 0.5) is 4.39 Å². The number of carbonyl (C=O) groups excluding carboxylic acids is 2. The number of nitrogens with zero attached hydrogens (tertiary/aromatic N) is 2. The van der Waals surface area contributed by atoms with Gasteiger partial charge >= 0.3 is 0 Å². The minimum atomic E-state index is -0.571. The summed E-state index contributed by atoms with van der Waals surface area (Å²) >= 11 is 0. The Morgan fingerprint density at radius 3 is 2.86 bits per heavy atom. The van der Waals surface area contributed by atoms with Crippen molar-refractivity contribution in [2.24, 2.45) is 10.2 Å². The van der Waals surface area contributed by atoms with Crippen LogP contribution in [0.25, 0.3) is 0 Å². The third kappa shape index (κ3) is 4.37. The highest BCUT2D eigenvalue weighted by Crippen LogP contribution is 2.27. The summed E-state index contributed by atoms with van der Waals surface area (Å²) < 4.78 is 14.3. The Bertz CT molecular complexity index is 875. The van der Waals surface area contributed by atoms with Crippen LogP contribution in [-0.4, -0.2) is 41.7 Å². The summed E-state index contributed by atoms with van der Waals surface area (Å²) in [6.07, 6.45) is 4.34. The predicted molar refractivity (Wildman–Crippen MR) is 104 cm³/mol. The van der Waals surface area contributed by atoms with Gasteiger partial charge in [-0.25, -0.2) is 4.39 Å². The van der Waals surface area contributed by atoms with Crippen LogP contribution < -0.4 is 10.6 Å². The smallest absolute Gasteiger partial charge is 0.292 e. The van der Waals surface area contributed by atoms with Crippen molar-refractivity contribution in [2.45, 2.75) is 63.1 Å². The molecule has 7 nitrogen and oxygen atoms in total. The number of nitrogens with one attached hydrogen (secondary N) is 2. The Balaban J connectivity index is 1.48. The molecule has 1 saturated carbocycles. The van der Waals surface area contributed by atoms with E-state index in [2.05, 4.69) is 20.9 Å². The first-order valence-corrected chi connectivity index (χ1v) is 10.2. The number of hydrogen-bond acceptors (Lipinski definition) is 5. The summed E-state index contributed by atoms with van der Waals surface area (Å²) in [7, 11) is 0. The Morgan fingerprint density at radius 2 is 2.07 bits per heavy atom. The third-order valence-electron chi connectivity index (χ3n) is 5.86. The van der Waals surface area contributed by atoms with Crippen LogP contribution in [0.3, 0.4) is 0 Å². The molecule has 3 N–H and O–H groups in total. The lowest BCUT2D eigenvalue weighted by atomic mass is 9.92. The van der Waals surface area contributed by atoms with Crippen LogP contribution >= 0.6 is 0 Å². The monoisotopic (exact) mass is 400 g/mol. The summed E-state index contributed by atoms with van der Waals surface area (Å²) in [6.45, 7) is 0.783. The van der Waals surface area contributed by atoms with Crippen molar-refractivity contribution in [2.75, 3.05) is 6.54 Å². The summed E-state index contributed by atoms with van der Waals surface area (Å²) in [5.74, 6) is -1.31. The SMILES string of the molecule is O=C1N=NC(Cc2ccc(F)c(C(=O)NC3CCC(O)CC3)c2)C2=C1CCCN2. The average molecular weight is 400 g/mol. The molecule has 154 valence electrons. The second-order valence-corrected chi connectivity index (χ2v) is 7.96. The molecule has 4 rings (SSSR count). The van der Waals surface area contributed by atoms with Gasteiger partial charge in [-0.15, -0.1) is 5.11 Å². The molecule has 8 heteroatoms. The molecule has 2 aliphatic heterocycles. The molecule has 0 bridgehead atoms. The van der Waals surface area contributed by atoms with E-state index in [-0.39, 0.29) is 29.7 Å². The van der Waals surface area contributed by atoms with E-state index < -0.39 is 11.7 Å². The molecule has 1 aliphatic carbocycles. The van der Waals surface area contributed by atoms with Crippen LogP contribution in [0.2, 0.25) is 0 Å². The number of rotatable bonds is 4. The molecule has 1 unspecified atom stereocenters. The molecular weight excluding hydrogens is 375 g/mol. The van der Waals surface area contributed by atoms with Gasteiger partial charge in [0.1, 0.15) is 11.9 Å². The lowest BCUT2D eigenvalue weighted by Crippen LogP contribution is -2.39. The highest BCUT2D eigenvalue weighted by molar-refractivity contribution is 5.96. The number of azo groups is 1. The van der Waals surface area contributed by atoms with Gasteiger partial charge in [0.15, 0.2) is 0 Å². The van der Waals surface area contributed by atoms with Gasteiger partial charge in [-0.1, -0.05) is 6.07 Å². The molecule has 2 heterocycles. The van der Waals surface area contributed by atoms with Crippen molar-refractivity contribution in [3.8, 4) is 0 Å². The molecule has 1 aromatic rings. The second-order valence-electron chi connectivity index (χ2n) is 7.96. The zero-order chi connectivity index (χ0) is 20.4. The Morgan fingerprint density at radius 1 is 1.28 bits per heavy atom. The van der Waals surface area contributed by atoms with Crippen LogP contribution in [0.5, 0.6) is 0 Å². The van der Waals surface area contributed by atoms with E-state index >= 15 is 0 Å². The minimum absolute atomic E-state index is 0.00301. The van der Waals surface area contributed by atoms with E-state index in [4.69, 9.17) is 0 Å². The fourth-order valence-electron chi connectivity index (χ4n) is 4.23. The van der Waals surface area contributed by atoms with Gasteiger partial charge in [0.05, 0.1) is 11.7 Å². The van der Waals surface area contributed by atoms with Crippen LogP contribution in [0.15, 0.2) is 39.7 Å². The molecular formula is C21H25FN4O3. The molecule has 0 aromatic heterocycles. The molecule has 0 saturated heterocycles. The molecule has 1 fully saturated rings. The highest BCUT2D eigenvalue weighted by Gasteiger charge is 2.29. The van der Waals surface area contributed by atoms with E-state index in [9.17, 15) is 19.1 Å². The van der Waals surface area contributed by atoms with Crippen LogP contribution in [0.1, 0.15) is 54.4 Å². The summed E-state index contributed by atoms with van der Waals surface area (Å²) in [4.78, 5) is 24.6. The number of aliphatic hydroxyl groups is 1. The molecule has 1 atom stereocenters. The minimum Gasteiger partial charge on any atom is -0.393 e. The van der Waals surface area contributed by atoms with Gasteiger partial charge in [-0.3, -0.25) is 9.59 Å². The molecule has 1 aromatic carbocycles. The van der Waals surface area contributed by atoms with Gasteiger partial charge in [-0.2, -0.15) is 5.11 Å². The second kappa shape index (κ2) is 8.41. The number of amides is 2. The van der Waals surface area contributed by atoms with Crippen LogP contribution in [-0.2, 0) is 11.2 Å². The number of aliphatic hydroxyl groups excluding tert-OH is 1. The number of carbonyl (C=O) groups is 2. The van der Waals surface area contributed by atoms with E-state index in [1.54, 1.807) is 12.1 Å². The first-order chi connectivity index (χ1) is 14.0. The largest absolute Gasteiger partial charge is 0.393 e. The lowest BCUT2D eigenvalue weighted by Gasteiger charge is -2.27. The number of hydrogen-bond donors (Lipinski definition) is 3. The van der Waals surface area contributed by atoms with Gasteiger partial charge < -0.3 is 15.7 Å². The maximum atomic E-state index is 14.3. The average Bonchev–Trinajstić information content (AvgIpc) is 2.73. The first kappa shape index (κ1) is 19.7. The third-order valence-corrected chi connectivity index (χ3v) is 5.86. The lowest BCUT2D eigenvalue weighted by molar-refractivity contribution is -0.115. The number of halogens is 1. The fraction of sp³-hybridized carbons (Fsp3) is 0.524. The zero-order valence-corrected chi connectivity index (χ0v) is 16.2. The quantitative estimate of drug-likeness (QED) is 0.722. The highest BCUT2D eigenvalue weighted by atomic mass is 19.1. The van der Waals surface area contributed by atoms with Crippen molar-refractivity contribution < 1.29 is 19.1 Å². The van der Waals surface area contributed by atoms with Crippen molar-refractivity contribution in [3.05, 3.63) is 46.4 Å². The molecule has 2 amide bonds. The van der Waals surface area contributed by atoms with Crippen molar-refractivity contribution in [1.29, 1.82) is 0 Å². The maximum Gasteiger partial charge on any atom is 0.292 e. The van der Waals surface area contributed by atoms with Crippen LogP contribution in [0, 0.1) is 5.82 Å². The van der Waals surface area contributed by atoms with E-state index in [1.807, 2.05) is 0 Å².